The molecule has 6 fully saturated rings. The molecule has 6 saturated heterocycles. The van der Waals surface area contributed by atoms with E-state index in [2.05, 4.69) is 0 Å². The number of phenols is 12. The number of rotatable bonds is 18. The molecule has 6 aliphatic heterocycles. The Hall–Kier alpha value is -18.6. The lowest BCUT2D eigenvalue weighted by atomic mass is 10.1. The molecule has 0 aromatic heterocycles. The smallest absolute Gasteiger partial charge is 0.315 e. The van der Waals surface area contributed by atoms with Crippen molar-refractivity contribution in [2.24, 2.45) is 0 Å². The number of nitro groups is 6. The van der Waals surface area contributed by atoms with E-state index in [1.165, 1.54) is 30.6 Å². The van der Waals surface area contributed by atoms with Crippen LogP contribution in [0, 0.1) is 129 Å². The van der Waals surface area contributed by atoms with Crippen LogP contribution in [-0.2, 0) is 38.2 Å². The van der Waals surface area contributed by atoms with Crippen molar-refractivity contribution in [2.45, 2.75) is 38.5 Å². The SMILES string of the molecule is N#C/C(=C\c1cc(O)c(O)c([N+](=O)[O-])c1)C(=O)N1CC1.N#C/C(=C\c1cc(O)c(O)c([N+](=O)[O-])c1)C(=O)N1CCC1.N#C/C(=C\c1cc(O)c(O)c([N+](=O)[O-])c1)C(=O)N1CCCC1.N#C/C(=C\c1cc(O)c(O)c([N+](=O)[O-])c1)C(=O)N1CCCCC1.N#C/C(=C\c1cc(O)c(O)c([N+](=O)[O-])c1)C(=O)N1CCOC1.N#C/C(=C\c1cc(O)c(O)c([N+](=O)[O-])c1)C(=O)N1COC1. The lowest BCUT2D eigenvalue weighted by Crippen LogP contribution is -2.44. The summed E-state index contributed by atoms with van der Waals surface area (Å²) in [6, 6.07) is 22.5. The van der Waals surface area contributed by atoms with Gasteiger partial charge in [0.05, 0.1) is 36.1 Å². The van der Waals surface area contributed by atoms with Crippen molar-refractivity contribution < 1.29 is 129 Å². The second-order valence-corrected chi connectivity index (χ2v) is 27.2. The average Bonchev–Trinajstić information content (AvgIpc) is 1.44. The molecule has 6 heterocycles. The minimum absolute atomic E-state index is 0.0448. The second kappa shape index (κ2) is 44.3. The molecule has 6 aromatic carbocycles. The van der Waals surface area contributed by atoms with E-state index in [0.29, 0.717) is 65.5 Å². The summed E-state index contributed by atoms with van der Waals surface area (Å²) in [5, 5.41) is 232. The van der Waals surface area contributed by atoms with Gasteiger partial charge in [-0.1, -0.05) is 0 Å². The second-order valence-electron chi connectivity index (χ2n) is 27.2. The van der Waals surface area contributed by atoms with Gasteiger partial charge < -0.3 is 95.3 Å². The number of hydrogen-bond acceptors (Lipinski definition) is 38. The maximum atomic E-state index is 12.3. The zero-order valence-corrected chi connectivity index (χ0v) is 66.4. The minimum Gasteiger partial charge on any atom is -0.504 e. The Morgan fingerprint density at radius 3 is 0.612 bits per heavy atom. The molecule has 50 heteroatoms. The van der Waals surface area contributed by atoms with Crippen LogP contribution < -0.4 is 0 Å². The summed E-state index contributed by atoms with van der Waals surface area (Å²) in [6.07, 6.45) is 12.2. The minimum atomic E-state index is -0.885. The fourth-order valence-corrected chi connectivity index (χ4v) is 11.6. The van der Waals surface area contributed by atoms with Crippen LogP contribution >= 0.6 is 0 Å². The topological polar surface area (TPSA) is 784 Å². The lowest BCUT2D eigenvalue weighted by molar-refractivity contribution is -0.386. The van der Waals surface area contributed by atoms with E-state index >= 15 is 0 Å². The summed E-state index contributed by atoms with van der Waals surface area (Å²) in [7, 11) is 0. The predicted molar refractivity (Wildman–Crippen MR) is 434 cm³/mol. The molecule has 129 heavy (non-hydrogen) atoms. The first-order chi connectivity index (χ1) is 61.1. The van der Waals surface area contributed by atoms with Crippen LogP contribution in [0.3, 0.4) is 0 Å². The molecule has 6 aromatic rings. The molecular weight excluding hydrogens is 1710 g/mol. The molecule has 0 unspecified atom stereocenters. The average molecular weight is 1780 g/mol. The maximum Gasteiger partial charge on any atom is 0.315 e. The monoisotopic (exact) mass is 1780 g/mol. The Labute approximate surface area is 723 Å². The lowest BCUT2D eigenvalue weighted by Gasteiger charge is -2.30. The van der Waals surface area contributed by atoms with Crippen LogP contribution in [-0.4, -0.2) is 241 Å². The molecule has 0 saturated carbocycles. The fraction of sp³-hybridized carbons (Fsp3) is 0.241. The quantitative estimate of drug-likeness (QED) is 0.0105. The van der Waals surface area contributed by atoms with E-state index in [-0.39, 0.29) is 87.0 Å². The molecule has 0 atom stereocenters. The van der Waals surface area contributed by atoms with Gasteiger partial charge in [0, 0.05) is 95.3 Å². The molecule has 6 amide bonds. The number of carbonyl (C=O) groups is 6. The van der Waals surface area contributed by atoms with E-state index in [1.54, 1.807) is 41.3 Å². The molecule has 50 nitrogen and oxygen atoms in total. The number of nitro benzene ring substituents is 6. The van der Waals surface area contributed by atoms with E-state index in [1.807, 2.05) is 0 Å². The number of piperidine rings is 1. The largest absolute Gasteiger partial charge is 0.504 e. The predicted octanol–water partition coefficient (Wildman–Crippen LogP) is 6.78. The number of aromatic hydroxyl groups is 12. The van der Waals surface area contributed by atoms with Crippen molar-refractivity contribution in [2.75, 3.05) is 85.7 Å². The highest BCUT2D eigenvalue weighted by molar-refractivity contribution is 6.06. The van der Waals surface area contributed by atoms with Gasteiger partial charge in [-0.25, -0.2) is 0 Å². The van der Waals surface area contributed by atoms with Gasteiger partial charge in [0.15, 0.2) is 34.5 Å². The Kier molecular flexibility index (Phi) is 33.5. The Balaban J connectivity index is 0.000000212. The van der Waals surface area contributed by atoms with Gasteiger partial charge in [-0.2, -0.15) is 31.6 Å². The molecule has 0 bridgehead atoms. The fourth-order valence-electron chi connectivity index (χ4n) is 11.6. The normalized spacial score (nSPS) is 14.5. The highest BCUT2D eigenvalue weighted by atomic mass is 16.7. The Morgan fingerprint density at radius 1 is 0.264 bits per heavy atom. The van der Waals surface area contributed by atoms with Gasteiger partial charge >= 0.3 is 34.1 Å². The molecule has 12 N–H and O–H groups in total. The highest BCUT2D eigenvalue weighted by Crippen LogP contribution is 2.43. The molecule has 12 rings (SSSR count). The summed E-state index contributed by atoms with van der Waals surface area (Å²) in [6.45, 7) is 5.47. The summed E-state index contributed by atoms with van der Waals surface area (Å²) >= 11 is 0. The van der Waals surface area contributed by atoms with E-state index in [0.717, 1.165) is 142 Å². The Morgan fingerprint density at radius 2 is 0.450 bits per heavy atom. The van der Waals surface area contributed by atoms with Crippen molar-refractivity contribution >= 4 is 106 Å². The van der Waals surface area contributed by atoms with Crippen LogP contribution in [0.15, 0.2) is 106 Å². The van der Waals surface area contributed by atoms with Crippen LogP contribution in [0.5, 0.6) is 69.0 Å². The van der Waals surface area contributed by atoms with Crippen molar-refractivity contribution in [1.29, 1.82) is 31.6 Å². The summed E-state index contributed by atoms with van der Waals surface area (Å²) in [5.74, 6) is -12.3. The van der Waals surface area contributed by atoms with Crippen molar-refractivity contribution in [3.8, 4) is 105 Å². The van der Waals surface area contributed by atoms with Crippen molar-refractivity contribution in [1.82, 2.24) is 29.4 Å². The van der Waals surface area contributed by atoms with E-state index in [9.17, 15) is 156 Å². The molecule has 0 aliphatic carbocycles. The molecule has 6 aliphatic rings. The van der Waals surface area contributed by atoms with Crippen molar-refractivity contribution in [3.05, 3.63) is 200 Å². The number of benzene rings is 6. The van der Waals surface area contributed by atoms with Crippen LogP contribution in [0.25, 0.3) is 36.5 Å². The first-order valence-electron chi connectivity index (χ1n) is 37.0. The van der Waals surface area contributed by atoms with Crippen LogP contribution in [0.2, 0.25) is 0 Å². The number of likely N-dealkylation sites (tertiary alicyclic amines) is 3. The highest BCUT2D eigenvalue weighted by Gasteiger charge is 2.33. The summed E-state index contributed by atoms with van der Waals surface area (Å²) in [4.78, 5) is 140. The maximum absolute atomic E-state index is 12.3. The number of hydrogen-bond donors (Lipinski definition) is 12. The van der Waals surface area contributed by atoms with Gasteiger partial charge in [0.1, 0.15) is 90.0 Å². The van der Waals surface area contributed by atoms with Crippen molar-refractivity contribution in [3.63, 3.8) is 0 Å². The van der Waals surface area contributed by atoms with Gasteiger partial charge in [-0.15, -0.1) is 0 Å². The molecular formula is C79H68N18O32. The third-order valence-corrected chi connectivity index (χ3v) is 18.4. The van der Waals surface area contributed by atoms with Gasteiger partial charge in [0.2, 0.25) is 34.5 Å². The standard InChI is InChI=1S/C15H15N3O5.C14H13N3O5.C13H11N3O6.C13H11N3O5.C12H9N3O6.C12H9N3O5/c16-9-11(15(21)17-4-2-1-3-5-17)6-10-7-12(18(22)23)14(20)13(19)8-10;15-8-10(14(20)16-3-1-2-4-16)5-9-6-11(17(21)22)13(19)12(18)7-9;14-6-9(13(19)15-1-2-22-7-15)3-8-4-10(16(20)21)12(18)11(17)5-8;14-7-9(13(19)15-2-1-3-15)4-8-5-10(16(20)21)12(18)11(17)6-8;13-4-8(12(18)14-5-21-6-14)1-7-2-9(15(19)20)11(17)10(16)3-7;13-6-8(12(18)14-1-2-14)3-7-4-9(15(19)20)11(17)10(16)5-7/h6-8,19-20H,1-5H2;5-7,18-19H,1-4H2;3-5,17-18H,1-2,7H2;4-6,17-18H,1-3H2;1-3,16-17H,5-6H2;3-5,16-17H,1-2H2/b11-6+;10-5+;9-3+;9-4+;8-1+;8-3+. The molecule has 0 spiro atoms. The van der Waals surface area contributed by atoms with Crippen LogP contribution in [0.4, 0.5) is 34.1 Å². The van der Waals surface area contributed by atoms with Crippen LogP contribution in [0.1, 0.15) is 71.9 Å². The van der Waals surface area contributed by atoms with Gasteiger partial charge in [-0.3, -0.25) is 94.4 Å². The van der Waals surface area contributed by atoms with E-state index in [4.69, 9.17) is 35.8 Å². The number of nitrogens with zero attached hydrogens (tertiary/aromatic N) is 18. The third-order valence-electron chi connectivity index (χ3n) is 18.4. The Bertz CT molecular complexity index is 5790. The number of carbonyl (C=O) groups excluding carboxylic acids is 6. The molecule has 666 valence electrons. The first kappa shape index (κ1) is 97.6. The number of amides is 6. The first-order valence-corrected chi connectivity index (χ1v) is 37.0. The third kappa shape index (κ3) is 25.5. The van der Waals surface area contributed by atoms with Gasteiger partial charge in [-0.05, 0) is 145 Å². The van der Waals surface area contributed by atoms with E-state index < -0.39 is 168 Å². The summed E-state index contributed by atoms with van der Waals surface area (Å²) in [5.41, 5.74) is -5.06. The summed E-state index contributed by atoms with van der Waals surface area (Å²) < 4.78 is 9.81. The zero-order chi connectivity index (χ0) is 95.5. The van der Waals surface area contributed by atoms with Gasteiger partial charge in [0.25, 0.3) is 35.4 Å². The number of nitriles is 6. The molecule has 0 radical (unpaired) electrons. The number of phenolic OH excluding ortho intramolecular Hbond substituents is 12. The zero-order valence-electron chi connectivity index (χ0n) is 66.4. The number of ether oxygens (including phenoxy) is 2.